The van der Waals surface area contributed by atoms with Crippen LogP contribution in [0.5, 0.6) is 0 Å². The molecular weight excluding hydrogens is 325 g/mol. The molecule has 0 bridgehead atoms. The van der Waals surface area contributed by atoms with Gasteiger partial charge >= 0.3 is 0 Å². The Balaban J connectivity index is 1.93. The molecule has 0 spiro atoms. The molecule has 0 unspecified atom stereocenters. The van der Waals surface area contributed by atoms with Crippen molar-refractivity contribution in [1.29, 1.82) is 0 Å². The van der Waals surface area contributed by atoms with Gasteiger partial charge in [0.15, 0.2) is 0 Å². The Morgan fingerprint density at radius 2 is 1.71 bits per heavy atom. The average Bonchev–Trinajstić information content (AvgIpc) is 2.36. The third kappa shape index (κ3) is 3.44. The second kappa shape index (κ2) is 6.02. The van der Waals surface area contributed by atoms with Crippen molar-refractivity contribution in [3.8, 4) is 0 Å². The summed E-state index contributed by atoms with van der Waals surface area (Å²) in [6.07, 6.45) is 0. The summed E-state index contributed by atoms with van der Waals surface area (Å²) < 4.78 is 6.76. The van der Waals surface area contributed by atoms with Crippen LogP contribution in [0.25, 0.3) is 0 Å². The van der Waals surface area contributed by atoms with Gasteiger partial charge in [0.1, 0.15) is 0 Å². The van der Waals surface area contributed by atoms with Crippen LogP contribution in [0, 0.1) is 3.57 Å². The Kier molecular flexibility index (Phi) is 4.39. The van der Waals surface area contributed by atoms with Crippen molar-refractivity contribution in [3.05, 3.63) is 63.2 Å². The van der Waals surface area contributed by atoms with E-state index in [-0.39, 0.29) is 0 Å². The molecule has 0 radical (unpaired) electrons. The van der Waals surface area contributed by atoms with Gasteiger partial charge in [-0.1, -0.05) is 42.5 Å². The molecule has 0 heterocycles. The van der Waals surface area contributed by atoms with E-state index in [1.54, 1.807) is 0 Å². The van der Waals surface area contributed by atoms with E-state index in [4.69, 9.17) is 10.5 Å². The van der Waals surface area contributed by atoms with E-state index in [0.717, 1.165) is 14.8 Å². The third-order valence-corrected chi connectivity index (χ3v) is 3.79. The van der Waals surface area contributed by atoms with E-state index >= 15 is 0 Å². The van der Waals surface area contributed by atoms with Gasteiger partial charge in [-0.25, -0.2) is 0 Å². The van der Waals surface area contributed by atoms with Crippen molar-refractivity contribution < 1.29 is 4.74 Å². The molecule has 2 aromatic carbocycles. The zero-order valence-electron chi connectivity index (χ0n) is 9.40. The van der Waals surface area contributed by atoms with E-state index in [1.165, 1.54) is 5.56 Å². The van der Waals surface area contributed by atoms with E-state index in [1.807, 2.05) is 36.4 Å². The van der Waals surface area contributed by atoms with Gasteiger partial charge in [-0.3, -0.25) is 0 Å². The Hall–Kier alpha value is -1.07. The summed E-state index contributed by atoms with van der Waals surface area (Å²) >= 11 is 2.25. The lowest BCUT2D eigenvalue weighted by Crippen LogP contribution is -1.99. The SMILES string of the molecule is Nc1cccc(COCc2ccccc2)c1I. The van der Waals surface area contributed by atoms with Crippen molar-refractivity contribution in [2.75, 3.05) is 5.73 Å². The molecule has 0 atom stereocenters. The predicted octanol–water partition coefficient (Wildman–Crippen LogP) is 3.59. The number of halogens is 1. The lowest BCUT2D eigenvalue weighted by atomic mass is 10.2. The monoisotopic (exact) mass is 339 g/mol. The van der Waals surface area contributed by atoms with E-state index < -0.39 is 0 Å². The third-order valence-electron chi connectivity index (χ3n) is 2.48. The molecule has 2 aromatic rings. The molecule has 0 aliphatic carbocycles. The highest BCUT2D eigenvalue weighted by Crippen LogP contribution is 2.20. The van der Waals surface area contributed by atoms with Crippen LogP contribution in [0.4, 0.5) is 5.69 Å². The van der Waals surface area contributed by atoms with Crippen LogP contribution in [0.3, 0.4) is 0 Å². The minimum absolute atomic E-state index is 0.595. The first-order valence-corrected chi connectivity index (χ1v) is 6.50. The molecule has 2 nitrogen and oxygen atoms in total. The molecule has 2 N–H and O–H groups in total. The van der Waals surface area contributed by atoms with Crippen LogP contribution < -0.4 is 5.73 Å². The number of hydrogen-bond donors (Lipinski definition) is 1. The zero-order chi connectivity index (χ0) is 12.1. The first kappa shape index (κ1) is 12.4. The maximum absolute atomic E-state index is 5.84. The maximum Gasteiger partial charge on any atom is 0.0732 e. The van der Waals surface area contributed by atoms with Crippen molar-refractivity contribution in [2.45, 2.75) is 13.2 Å². The summed E-state index contributed by atoms with van der Waals surface area (Å²) in [6, 6.07) is 16.1. The zero-order valence-corrected chi connectivity index (χ0v) is 11.6. The lowest BCUT2D eigenvalue weighted by molar-refractivity contribution is 0.107. The van der Waals surface area contributed by atoms with Crippen molar-refractivity contribution in [3.63, 3.8) is 0 Å². The fourth-order valence-electron chi connectivity index (χ4n) is 1.56. The topological polar surface area (TPSA) is 35.2 Å². The van der Waals surface area contributed by atoms with Crippen LogP contribution in [-0.2, 0) is 18.0 Å². The highest BCUT2D eigenvalue weighted by Gasteiger charge is 2.02. The maximum atomic E-state index is 5.84. The Bertz CT molecular complexity index is 485. The quantitative estimate of drug-likeness (QED) is 0.683. The molecular formula is C14H14INO. The van der Waals surface area contributed by atoms with Crippen LogP contribution in [0.2, 0.25) is 0 Å². The van der Waals surface area contributed by atoms with Crippen LogP contribution in [0.1, 0.15) is 11.1 Å². The fourth-order valence-corrected chi connectivity index (χ4v) is 2.08. The van der Waals surface area contributed by atoms with Gasteiger partial charge in [0.25, 0.3) is 0 Å². The summed E-state index contributed by atoms with van der Waals surface area (Å²) in [5.41, 5.74) is 8.98. The van der Waals surface area contributed by atoms with Crippen LogP contribution >= 0.6 is 22.6 Å². The number of ether oxygens (including phenoxy) is 1. The molecule has 0 saturated carbocycles. The second-order valence-corrected chi connectivity index (χ2v) is 4.88. The van der Waals surface area contributed by atoms with Crippen molar-refractivity contribution in [1.82, 2.24) is 0 Å². The number of anilines is 1. The summed E-state index contributed by atoms with van der Waals surface area (Å²) in [6.45, 7) is 1.23. The smallest absolute Gasteiger partial charge is 0.0732 e. The summed E-state index contributed by atoms with van der Waals surface area (Å²) in [5, 5.41) is 0. The molecule has 0 aliphatic rings. The highest BCUT2D eigenvalue weighted by molar-refractivity contribution is 14.1. The summed E-state index contributed by atoms with van der Waals surface area (Å²) in [7, 11) is 0. The average molecular weight is 339 g/mol. The van der Waals surface area contributed by atoms with Gasteiger partial charge in [0, 0.05) is 9.26 Å². The van der Waals surface area contributed by atoms with Gasteiger partial charge in [-0.05, 0) is 39.8 Å². The molecule has 3 heteroatoms. The van der Waals surface area contributed by atoms with E-state index in [0.29, 0.717) is 13.2 Å². The molecule has 88 valence electrons. The van der Waals surface area contributed by atoms with Crippen molar-refractivity contribution >= 4 is 28.3 Å². The predicted molar refractivity (Wildman–Crippen MR) is 78.5 cm³/mol. The molecule has 0 amide bonds. The first-order chi connectivity index (χ1) is 8.27. The Labute approximate surface area is 115 Å². The number of nitrogens with two attached hydrogens (primary N) is 1. The van der Waals surface area contributed by atoms with E-state index in [9.17, 15) is 0 Å². The van der Waals surface area contributed by atoms with Gasteiger partial charge < -0.3 is 10.5 Å². The van der Waals surface area contributed by atoms with Gasteiger partial charge in [0.05, 0.1) is 13.2 Å². The Morgan fingerprint density at radius 3 is 2.47 bits per heavy atom. The largest absolute Gasteiger partial charge is 0.398 e. The number of benzene rings is 2. The normalized spacial score (nSPS) is 10.4. The van der Waals surface area contributed by atoms with Crippen molar-refractivity contribution in [2.24, 2.45) is 0 Å². The number of nitrogen functional groups attached to an aromatic ring is 1. The minimum Gasteiger partial charge on any atom is -0.398 e. The molecule has 0 saturated heterocycles. The lowest BCUT2D eigenvalue weighted by Gasteiger charge is -2.08. The van der Waals surface area contributed by atoms with Crippen LogP contribution in [-0.4, -0.2) is 0 Å². The highest BCUT2D eigenvalue weighted by atomic mass is 127. The van der Waals surface area contributed by atoms with E-state index in [2.05, 4.69) is 34.7 Å². The van der Waals surface area contributed by atoms with Gasteiger partial charge in [-0.2, -0.15) is 0 Å². The molecule has 0 fully saturated rings. The minimum atomic E-state index is 0.595. The van der Waals surface area contributed by atoms with Crippen LogP contribution in [0.15, 0.2) is 48.5 Å². The molecule has 2 rings (SSSR count). The standard InChI is InChI=1S/C14H14INO/c15-14-12(7-4-8-13(14)16)10-17-9-11-5-2-1-3-6-11/h1-8H,9-10,16H2. The second-order valence-electron chi connectivity index (χ2n) is 3.80. The first-order valence-electron chi connectivity index (χ1n) is 5.42. The summed E-state index contributed by atoms with van der Waals surface area (Å²) in [4.78, 5) is 0. The number of hydrogen-bond acceptors (Lipinski definition) is 2. The number of rotatable bonds is 4. The summed E-state index contributed by atoms with van der Waals surface area (Å²) in [5.74, 6) is 0. The molecule has 0 aliphatic heterocycles. The molecule has 0 aromatic heterocycles. The Morgan fingerprint density at radius 1 is 0.941 bits per heavy atom. The van der Waals surface area contributed by atoms with Gasteiger partial charge in [0.2, 0.25) is 0 Å². The molecule has 17 heavy (non-hydrogen) atoms. The van der Waals surface area contributed by atoms with Gasteiger partial charge in [-0.15, -0.1) is 0 Å². The fraction of sp³-hybridized carbons (Fsp3) is 0.143.